The average Bonchev–Trinajstić information content (AvgIpc) is 2.61. The molecule has 2 aromatic rings. The minimum absolute atomic E-state index is 0.124. The maximum absolute atomic E-state index is 12.2. The van der Waals surface area contributed by atoms with Crippen molar-refractivity contribution in [2.45, 2.75) is 19.3 Å². The Morgan fingerprint density at radius 2 is 1.67 bits per heavy atom. The van der Waals surface area contributed by atoms with E-state index in [1.165, 1.54) is 13.2 Å². The van der Waals surface area contributed by atoms with Crippen LogP contribution in [0.25, 0.3) is 0 Å². The molecule has 0 unspecified atom stereocenters. The van der Waals surface area contributed by atoms with E-state index in [4.69, 9.17) is 0 Å². The molecule has 2 rings (SSSR count). The number of ether oxygens (including phenoxy) is 1. The van der Waals surface area contributed by atoms with E-state index in [1.807, 2.05) is 54.6 Å². The zero-order chi connectivity index (χ0) is 17.2. The summed E-state index contributed by atoms with van der Waals surface area (Å²) in [5.41, 5.74) is 2.29. The summed E-state index contributed by atoms with van der Waals surface area (Å²) in [5.74, 6) is -0.353. The van der Waals surface area contributed by atoms with Crippen LogP contribution < -0.4 is 4.46 Å². The van der Waals surface area contributed by atoms with E-state index >= 15 is 0 Å². The first kappa shape index (κ1) is 18.2. The summed E-state index contributed by atoms with van der Waals surface area (Å²) in [5, 5.41) is 0. The molecule has 4 heteroatoms. The maximum atomic E-state index is 12.2. The number of hydrogen-bond acceptors (Lipinski definition) is 3. The number of aryl methyl sites for hydroxylation is 1. The van der Waals surface area contributed by atoms with Gasteiger partial charge in [0.2, 0.25) is 0 Å². The fourth-order valence-electron chi connectivity index (χ4n) is 2.26. The number of allylic oxidation sites excluding steroid dienone is 1. The van der Waals surface area contributed by atoms with Gasteiger partial charge < -0.3 is 0 Å². The van der Waals surface area contributed by atoms with E-state index in [9.17, 15) is 9.59 Å². The second kappa shape index (κ2) is 9.86. The second-order valence-electron chi connectivity index (χ2n) is 5.19. The first-order valence-corrected chi connectivity index (χ1v) is 9.47. The Bertz CT molecular complexity index is 708. The van der Waals surface area contributed by atoms with Gasteiger partial charge in [-0.1, -0.05) is 0 Å². The van der Waals surface area contributed by atoms with Crippen molar-refractivity contribution in [3.8, 4) is 0 Å². The molecule has 0 spiro atoms. The first-order chi connectivity index (χ1) is 11.7. The monoisotopic (exact) mass is 388 g/mol. The predicted octanol–water partition coefficient (Wildman–Crippen LogP) is 2.45. The Morgan fingerprint density at radius 3 is 2.38 bits per heavy atom. The van der Waals surface area contributed by atoms with Crippen LogP contribution in [-0.4, -0.2) is 32.7 Å². The number of rotatable bonds is 8. The first-order valence-electron chi connectivity index (χ1n) is 7.76. The van der Waals surface area contributed by atoms with Crippen molar-refractivity contribution in [2.24, 2.45) is 0 Å². The second-order valence-corrected chi connectivity index (χ2v) is 7.56. The molecule has 0 saturated heterocycles. The summed E-state index contributed by atoms with van der Waals surface area (Å²) in [6, 6.07) is 17.9. The number of methoxy groups -OCH3 is 1. The van der Waals surface area contributed by atoms with Crippen molar-refractivity contribution in [1.82, 2.24) is 0 Å². The standard InChI is InChI=1S/C20H20O3Se/c1-23-19(21)13-7-10-16-8-5-6-9-17(16)14-15-20(22)24-18-11-3-2-4-12-18/h2-9,11-13H,10,14-15H2,1H3/b13-7+. The molecule has 0 radical (unpaired) electrons. The van der Waals surface area contributed by atoms with Crippen LogP contribution in [0.1, 0.15) is 17.5 Å². The van der Waals surface area contributed by atoms with Crippen LogP contribution in [0.5, 0.6) is 0 Å². The van der Waals surface area contributed by atoms with Crippen molar-refractivity contribution in [3.05, 3.63) is 77.9 Å². The van der Waals surface area contributed by atoms with Crippen molar-refractivity contribution in [1.29, 1.82) is 0 Å². The fourth-order valence-corrected chi connectivity index (χ4v) is 3.85. The number of esters is 1. The van der Waals surface area contributed by atoms with Crippen LogP contribution in [0.3, 0.4) is 0 Å². The summed E-state index contributed by atoms with van der Waals surface area (Å²) >= 11 is -0.124. The molecule has 3 nitrogen and oxygen atoms in total. The number of carbonyl (C=O) groups is 2. The quantitative estimate of drug-likeness (QED) is 0.397. The fraction of sp³-hybridized carbons (Fsp3) is 0.200. The van der Waals surface area contributed by atoms with E-state index in [0.29, 0.717) is 17.5 Å². The van der Waals surface area contributed by atoms with Crippen molar-refractivity contribution < 1.29 is 14.3 Å². The van der Waals surface area contributed by atoms with Gasteiger partial charge in [-0.05, 0) is 0 Å². The zero-order valence-electron chi connectivity index (χ0n) is 13.6. The number of hydrogen-bond donors (Lipinski definition) is 0. The van der Waals surface area contributed by atoms with E-state index in [2.05, 4.69) is 4.74 Å². The van der Waals surface area contributed by atoms with E-state index in [1.54, 1.807) is 6.08 Å². The van der Waals surface area contributed by atoms with Gasteiger partial charge in [-0.25, -0.2) is 0 Å². The molecule has 0 fully saturated rings. The molecule has 0 aliphatic heterocycles. The van der Waals surface area contributed by atoms with Crippen molar-refractivity contribution in [3.63, 3.8) is 0 Å². The molecule has 0 atom stereocenters. The SMILES string of the molecule is COC(=O)/C=C/Cc1ccccc1CCC(=O)[Se]c1ccccc1. The van der Waals surface area contributed by atoms with Crippen molar-refractivity contribution in [2.75, 3.05) is 7.11 Å². The predicted molar refractivity (Wildman–Crippen MR) is 96.5 cm³/mol. The molecule has 0 saturated carbocycles. The van der Waals surface area contributed by atoms with Crippen LogP contribution in [-0.2, 0) is 27.2 Å². The molecule has 0 aliphatic carbocycles. The van der Waals surface area contributed by atoms with Gasteiger partial charge in [0.05, 0.1) is 0 Å². The Kier molecular flexibility index (Phi) is 7.47. The molecule has 0 amide bonds. The van der Waals surface area contributed by atoms with Crippen LogP contribution in [0.15, 0.2) is 66.7 Å². The summed E-state index contributed by atoms with van der Waals surface area (Å²) in [6.45, 7) is 0. The zero-order valence-corrected chi connectivity index (χ0v) is 15.3. The molecule has 24 heavy (non-hydrogen) atoms. The van der Waals surface area contributed by atoms with Gasteiger partial charge in [0, 0.05) is 0 Å². The van der Waals surface area contributed by atoms with Crippen LogP contribution in [0, 0.1) is 0 Å². The number of benzene rings is 2. The topological polar surface area (TPSA) is 43.4 Å². The van der Waals surface area contributed by atoms with Crippen LogP contribution >= 0.6 is 0 Å². The van der Waals surface area contributed by atoms with E-state index < -0.39 is 0 Å². The van der Waals surface area contributed by atoms with Gasteiger partial charge in [0.25, 0.3) is 0 Å². The summed E-state index contributed by atoms with van der Waals surface area (Å²) in [4.78, 5) is 23.3. The Hall–Kier alpha value is -2.16. The minimum atomic E-state index is -0.353. The molecule has 0 bridgehead atoms. The van der Waals surface area contributed by atoms with Crippen LogP contribution in [0.4, 0.5) is 0 Å². The Labute approximate surface area is 148 Å². The van der Waals surface area contributed by atoms with Gasteiger partial charge in [-0.3, -0.25) is 0 Å². The summed E-state index contributed by atoms with van der Waals surface area (Å²) in [7, 11) is 1.36. The normalized spacial score (nSPS) is 10.7. The third-order valence-corrected chi connectivity index (χ3v) is 5.46. The molecule has 0 heterocycles. The summed E-state index contributed by atoms with van der Waals surface area (Å²) in [6.07, 6.45) is 5.16. The van der Waals surface area contributed by atoms with E-state index in [0.717, 1.165) is 22.0 Å². The Balaban J connectivity index is 1.91. The molecule has 2 aromatic carbocycles. The van der Waals surface area contributed by atoms with Gasteiger partial charge in [-0.2, -0.15) is 0 Å². The third-order valence-electron chi connectivity index (χ3n) is 3.48. The molecule has 124 valence electrons. The van der Waals surface area contributed by atoms with Gasteiger partial charge in [-0.15, -0.1) is 0 Å². The molecule has 0 N–H and O–H groups in total. The molecule has 0 aliphatic rings. The van der Waals surface area contributed by atoms with Gasteiger partial charge >= 0.3 is 149 Å². The third kappa shape index (κ3) is 6.15. The van der Waals surface area contributed by atoms with Gasteiger partial charge in [0.1, 0.15) is 0 Å². The molecular formula is C20H20O3Se. The van der Waals surface area contributed by atoms with Gasteiger partial charge in [0.15, 0.2) is 0 Å². The summed E-state index contributed by atoms with van der Waals surface area (Å²) < 4.78 is 6.00. The molecular weight excluding hydrogens is 367 g/mol. The Morgan fingerprint density at radius 1 is 1.00 bits per heavy atom. The molecule has 0 aromatic heterocycles. The van der Waals surface area contributed by atoms with Crippen molar-refractivity contribution >= 4 is 30.1 Å². The van der Waals surface area contributed by atoms with E-state index in [-0.39, 0.29) is 20.9 Å². The average molecular weight is 387 g/mol. The number of carbonyl (C=O) groups excluding carboxylic acids is 2. The van der Waals surface area contributed by atoms with Crippen LogP contribution in [0.2, 0.25) is 0 Å².